The lowest BCUT2D eigenvalue weighted by Crippen LogP contribution is -2.06. The van der Waals surface area contributed by atoms with Gasteiger partial charge in [0.2, 0.25) is 0 Å². The molecule has 1 aromatic carbocycles. The fourth-order valence-corrected chi connectivity index (χ4v) is 2.27. The van der Waals surface area contributed by atoms with E-state index < -0.39 is 5.97 Å². The highest BCUT2D eigenvalue weighted by Gasteiger charge is 2.17. The molecule has 0 aliphatic heterocycles. The average molecular weight is 272 g/mol. The first-order valence-electron chi connectivity index (χ1n) is 6.31. The second-order valence-electron chi connectivity index (χ2n) is 4.44. The molecule has 2 rings (SSSR count). The number of hydrogen-bond donors (Lipinski definition) is 0. The number of fused-ring (bicyclic) bond motifs is 1. The maximum atomic E-state index is 11.2. The lowest BCUT2D eigenvalue weighted by molar-refractivity contribution is -0.134. The van der Waals surface area contributed by atoms with E-state index in [9.17, 15) is 9.59 Å². The standard InChI is InChI=1S/C16H16O4/c1-19-13-6-5-11-3-4-12(10-17)14(15(11)9-13)7-8-16(18)20-2/h5-10H,3-4H2,1-2H3/b8-7+. The topological polar surface area (TPSA) is 52.6 Å². The number of rotatable bonds is 4. The first-order chi connectivity index (χ1) is 9.69. The summed E-state index contributed by atoms with van der Waals surface area (Å²) in [6.45, 7) is 0. The van der Waals surface area contributed by atoms with Gasteiger partial charge in [0.25, 0.3) is 0 Å². The maximum Gasteiger partial charge on any atom is 0.330 e. The molecule has 0 heterocycles. The first kappa shape index (κ1) is 14.1. The molecule has 0 amide bonds. The third kappa shape index (κ3) is 2.79. The summed E-state index contributed by atoms with van der Waals surface area (Å²) in [6.07, 6.45) is 5.28. The van der Waals surface area contributed by atoms with Crippen LogP contribution in [-0.2, 0) is 20.7 Å². The Morgan fingerprint density at radius 1 is 1.25 bits per heavy atom. The van der Waals surface area contributed by atoms with E-state index in [4.69, 9.17) is 4.74 Å². The van der Waals surface area contributed by atoms with Crippen molar-refractivity contribution in [3.63, 3.8) is 0 Å². The summed E-state index contributed by atoms with van der Waals surface area (Å²) >= 11 is 0. The van der Waals surface area contributed by atoms with Gasteiger partial charge < -0.3 is 9.47 Å². The molecule has 0 saturated carbocycles. The van der Waals surface area contributed by atoms with Crippen molar-refractivity contribution in [2.45, 2.75) is 12.8 Å². The Labute approximate surface area is 117 Å². The van der Waals surface area contributed by atoms with Crippen LogP contribution in [0.2, 0.25) is 0 Å². The first-order valence-corrected chi connectivity index (χ1v) is 6.31. The van der Waals surface area contributed by atoms with Crippen LogP contribution in [0.1, 0.15) is 17.5 Å². The van der Waals surface area contributed by atoms with Gasteiger partial charge in [-0.05, 0) is 47.8 Å². The Morgan fingerprint density at radius 2 is 2.05 bits per heavy atom. The lowest BCUT2D eigenvalue weighted by Gasteiger charge is -2.19. The van der Waals surface area contributed by atoms with Crippen molar-refractivity contribution in [3.8, 4) is 5.75 Å². The van der Waals surface area contributed by atoms with Crippen LogP contribution in [0.5, 0.6) is 5.75 Å². The summed E-state index contributed by atoms with van der Waals surface area (Å²) in [5.74, 6) is 0.276. The predicted molar refractivity (Wildman–Crippen MR) is 75.5 cm³/mol. The molecule has 0 spiro atoms. The summed E-state index contributed by atoms with van der Waals surface area (Å²) in [5.41, 5.74) is 3.51. The summed E-state index contributed by atoms with van der Waals surface area (Å²) < 4.78 is 9.80. The number of benzene rings is 1. The third-order valence-electron chi connectivity index (χ3n) is 3.35. The van der Waals surface area contributed by atoms with E-state index in [2.05, 4.69) is 4.74 Å². The molecule has 0 fully saturated rings. The Morgan fingerprint density at radius 3 is 2.70 bits per heavy atom. The maximum absolute atomic E-state index is 11.2. The number of carbonyl (C=O) groups is 2. The molecule has 0 atom stereocenters. The molecule has 0 aromatic heterocycles. The Balaban J connectivity index is 2.50. The highest BCUT2D eigenvalue weighted by Crippen LogP contribution is 2.33. The van der Waals surface area contributed by atoms with Gasteiger partial charge in [-0.2, -0.15) is 0 Å². The molecule has 104 valence electrons. The minimum absolute atomic E-state index is 0.447. The van der Waals surface area contributed by atoms with Gasteiger partial charge in [0.1, 0.15) is 12.0 Å². The SMILES string of the molecule is COC(=O)/C=C/C1=C(C=O)CCc2ccc(OC)cc21. The molecular formula is C16H16O4. The van der Waals surface area contributed by atoms with E-state index >= 15 is 0 Å². The number of hydrogen-bond acceptors (Lipinski definition) is 4. The number of aldehydes is 1. The van der Waals surface area contributed by atoms with Gasteiger partial charge in [-0.3, -0.25) is 4.79 Å². The number of carbonyl (C=O) groups excluding carboxylic acids is 2. The summed E-state index contributed by atoms with van der Waals surface area (Å²) in [5, 5.41) is 0. The van der Waals surface area contributed by atoms with Gasteiger partial charge in [-0.25, -0.2) is 4.79 Å². The van der Waals surface area contributed by atoms with Gasteiger partial charge in [-0.15, -0.1) is 0 Å². The van der Waals surface area contributed by atoms with Crippen molar-refractivity contribution in [2.75, 3.05) is 14.2 Å². The van der Waals surface area contributed by atoms with E-state index in [1.807, 2.05) is 18.2 Å². The second-order valence-corrected chi connectivity index (χ2v) is 4.44. The van der Waals surface area contributed by atoms with Crippen LogP contribution in [0.3, 0.4) is 0 Å². The number of aryl methyl sites for hydroxylation is 1. The van der Waals surface area contributed by atoms with E-state index in [0.717, 1.165) is 35.2 Å². The van der Waals surface area contributed by atoms with Crippen LogP contribution in [0.4, 0.5) is 0 Å². The van der Waals surface area contributed by atoms with Crippen molar-refractivity contribution >= 4 is 17.8 Å². The highest BCUT2D eigenvalue weighted by molar-refractivity contribution is 5.96. The fourth-order valence-electron chi connectivity index (χ4n) is 2.27. The van der Waals surface area contributed by atoms with Crippen LogP contribution >= 0.6 is 0 Å². The number of esters is 1. The van der Waals surface area contributed by atoms with Crippen LogP contribution < -0.4 is 4.74 Å². The summed E-state index contributed by atoms with van der Waals surface area (Å²) in [6, 6.07) is 5.77. The van der Waals surface area contributed by atoms with Gasteiger partial charge in [0.05, 0.1) is 14.2 Å². The van der Waals surface area contributed by atoms with E-state index in [1.165, 1.54) is 13.2 Å². The van der Waals surface area contributed by atoms with E-state index in [1.54, 1.807) is 13.2 Å². The molecular weight excluding hydrogens is 256 g/mol. The highest BCUT2D eigenvalue weighted by atomic mass is 16.5. The monoisotopic (exact) mass is 272 g/mol. The van der Waals surface area contributed by atoms with Crippen molar-refractivity contribution in [1.29, 1.82) is 0 Å². The molecule has 1 aliphatic rings. The molecule has 4 heteroatoms. The predicted octanol–water partition coefficient (Wildman–Crippen LogP) is 2.32. The Kier molecular flexibility index (Phi) is 4.35. The zero-order valence-electron chi connectivity index (χ0n) is 11.5. The van der Waals surface area contributed by atoms with Gasteiger partial charge in [0, 0.05) is 11.6 Å². The molecule has 1 aliphatic carbocycles. The smallest absolute Gasteiger partial charge is 0.330 e. The van der Waals surface area contributed by atoms with Gasteiger partial charge in [0.15, 0.2) is 0 Å². The molecule has 20 heavy (non-hydrogen) atoms. The van der Waals surface area contributed by atoms with Crippen LogP contribution in [-0.4, -0.2) is 26.5 Å². The Bertz CT molecular complexity index is 596. The molecule has 0 N–H and O–H groups in total. The largest absolute Gasteiger partial charge is 0.497 e. The van der Waals surface area contributed by atoms with Crippen molar-refractivity contribution in [2.24, 2.45) is 0 Å². The molecule has 0 unspecified atom stereocenters. The minimum atomic E-state index is -0.447. The Hall–Kier alpha value is -2.36. The lowest BCUT2D eigenvalue weighted by atomic mass is 9.85. The van der Waals surface area contributed by atoms with Crippen molar-refractivity contribution in [1.82, 2.24) is 0 Å². The second kappa shape index (κ2) is 6.19. The van der Waals surface area contributed by atoms with Gasteiger partial charge in [-0.1, -0.05) is 6.07 Å². The average Bonchev–Trinajstić information content (AvgIpc) is 2.51. The van der Waals surface area contributed by atoms with Crippen molar-refractivity contribution < 1.29 is 19.1 Å². The van der Waals surface area contributed by atoms with Crippen molar-refractivity contribution in [3.05, 3.63) is 47.1 Å². The minimum Gasteiger partial charge on any atom is -0.497 e. The summed E-state index contributed by atoms with van der Waals surface area (Å²) in [4.78, 5) is 22.4. The molecule has 1 aromatic rings. The molecule has 0 saturated heterocycles. The van der Waals surface area contributed by atoms with Crippen LogP contribution in [0, 0.1) is 0 Å². The fraction of sp³-hybridized carbons (Fsp3) is 0.250. The number of allylic oxidation sites excluding steroid dienone is 3. The summed E-state index contributed by atoms with van der Waals surface area (Å²) in [7, 11) is 2.92. The van der Waals surface area contributed by atoms with E-state index in [-0.39, 0.29) is 0 Å². The zero-order valence-corrected chi connectivity index (χ0v) is 11.5. The van der Waals surface area contributed by atoms with E-state index in [0.29, 0.717) is 12.0 Å². The van der Waals surface area contributed by atoms with Crippen LogP contribution in [0.25, 0.3) is 5.57 Å². The molecule has 0 radical (unpaired) electrons. The quantitative estimate of drug-likeness (QED) is 0.479. The normalized spacial score (nSPS) is 14.1. The third-order valence-corrected chi connectivity index (χ3v) is 3.35. The number of ether oxygens (including phenoxy) is 2. The number of methoxy groups -OCH3 is 2. The zero-order chi connectivity index (χ0) is 14.5. The van der Waals surface area contributed by atoms with Gasteiger partial charge >= 0.3 is 5.97 Å². The molecule has 4 nitrogen and oxygen atoms in total. The molecule has 0 bridgehead atoms. The van der Waals surface area contributed by atoms with Crippen LogP contribution in [0.15, 0.2) is 35.9 Å².